The summed E-state index contributed by atoms with van der Waals surface area (Å²) in [5, 5.41) is 2.78. The average Bonchev–Trinajstić information content (AvgIpc) is 2.67. The largest absolute Gasteiger partial charge is 0.497 e. The molecule has 0 heterocycles. The van der Waals surface area contributed by atoms with Gasteiger partial charge in [-0.3, -0.25) is 4.79 Å². The van der Waals surface area contributed by atoms with Crippen LogP contribution in [-0.4, -0.2) is 31.7 Å². The summed E-state index contributed by atoms with van der Waals surface area (Å²) < 4.78 is 15.8. The predicted octanol–water partition coefficient (Wildman–Crippen LogP) is 3.67. The van der Waals surface area contributed by atoms with Gasteiger partial charge in [0.1, 0.15) is 11.5 Å². The molecule has 0 saturated carbocycles. The number of esters is 1. The Morgan fingerprint density at radius 1 is 1.04 bits per heavy atom. The molecule has 0 aliphatic heterocycles. The summed E-state index contributed by atoms with van der Waals surface area (Å²) in [6, 6.07) is 13.6. The Labute approximate surface area is 153 Å². The van der Waals surface area contributed by atoms with Crippen LogP contribution in [0.5, 0.6) is 11.5 Å². The number of methoxy groups -OCH3 is 1. The third-order valence-electron chi connectivity index (χ3n) is 3.64. The lowest BCUT2D eigenvalue weighted by molar-refractivity contribution is -0.122. The highest BCUT2D eigenvalue weighted by atomic mass is 16.5. The van der Waals surface area contributed by atoms with Gasteiger partial charge in [0.2, 0.25) is 0 Å². The lowest BCUT2D eigenvalue weighted by atomic mass is 10.2. The number of rotatable bonds is 8. The minimum atomic E-state index is -0.658. The monoisotopic (exact) mass is 357 g/mol. The van der Waals surface area contributed by atoms with Crippen molar-refractivity contribution in [2.45, 2.75) is 26.4 Å². The second kappa shape index (κ2) is 9.46. The highest BCUT2D eigenvalue weighted by Crippen LogP contribution is 2.20. The molecule has 2 aromatic carbocycles. The average molecular weight is 357 g/mol. The van der Waals surface area contributed by atoms with Crippen LogP contribution in [0, 0.1) is 0 Å². The minimum Gasteiger partial charge on any atom is -0.497 e. The van der Waals surface area contributed by atoms with Crippen LogP contribution in [0.15, 0.2) is 48.5 Å². The van der Waals surface area contributed by atoms with Gasteiger partial charge >= 0.3 is 5.97 Å². The first kappa shape index (κ1) is 19.3. The lowest BCUT2D eigenvalue weighted by Gasteiger charge is -2.17. The first-order valence-electron chi connectivity index (χ1n) is 8.46. The van der Waals surface area contributed by atoms with E-state index in [0.717, 1.165) is 0 Å². The molecule has 0 aliphatic carbocycles. The molecule has 138 valence electrons. The van der Waals surface area contributed by atoms with E-state index < -0.39 is 12.1 Å². The summed E-state index contributed by atoms with van der Waals surface area (Å²) in [5.74, 6) is 0.577. The molecule has 2 aromatic rings. The molecule has 0 spiro atoms. The van der Waals surface area contributed by atoms with Gasteiger partial charge < -0.3 is 19.5 Å². The van der Waals surface area contributed by atoms with Crippen LogP contribution in [0.1, 0.15) is 30.6 Å². The van der Waals surface area contributed by atoms with Crippen molar-refractivity contribution in [2.75, 3.05) is 19.0 Å². The van der Waals surface area contributed by atoms with Gasteiger partial charge in [-0.1, -0.05) is 13.0 Å². The first-order valence-corrected chi connectivity index (χ1v) is 8.46. The number of ether oxygens (including phenoxy) is 3. The van der Waals surface area contributed by atoms with E-state index in [9.17, 15) is 9.59 Å². The molecule has 2 rings (SSSR count). The molecule has 1 amide bonds. The summed E-state index contributed by atoms with van der Waals surface area (Å²) in [5.41, 5.74) is 0.895. The summed E-state index contributed by atoms with van der Waals surface area (Å²) in [6.45, 7) is 3.90. The van der Waals surface area contributed by atoms with E-state index in [1.54, 1.807) is 62.6 Å². The molecule has 0 saturated heterocycles. The molecular formula is C20H23NO5. The van der Waals surface area contributed by atoms with Crippen LogP contribution < -0.4 is 14.8 Å². The zero-order valence-electron chi connectivity index (χ0n) is 15.2. The molecule has 0 aliphatic rings. The van der Waals surface area contributed by atoms with Crippen molar-refractivity contribution >= 4 is 17.6 Å². The normalized spacial score (nSPS) is 11.3. The van der Waals surface area contributed by atoms with Crippen molar-refractivity contribution in [1.29, 1.82) is 0 Å². The van der Waals surface area contributed by atoms with E-state index in [1.165, 1.54) is 0 Å². The van der Waals surface area contributed by atoms with Crippen LogP contribution in [0.25, 0.3) is 0 Å². The Balaban J connectivity index is 2.04. The van der Waals surface area contributed by atoms with Crippen molar-refractivity contribution in [2.24, 2.45) is 0 Å². The highest BCUT2D eigenvalue weighted by molar-refractivity contribution is 5.96. The van der Waals surface area contributed by atoms with Crippen molar-refractivity contribution in [3.8, 4) is 11.5 Å². The third kappa shape index (κ3) is 5.24. The molecule has 1 N–H and O–H groups in total. The fourth-order valence-electron chi connectivity index (χ4n) is 2.30. The molecule has 26 heavy (non-hydrogen) atoms. The molecule has 0 aromatic heterocycles. The van der Waals surface area contributed by atoms with Crippen molar-refractivity contribution in [3.63, 3.8) is 0 Å². The molecule has 0 bridgehead atoms. The topological polar surface area (TPSA) is 73.9 Å². The smallest absolute Gasteiger partial charge is 0.338 e. The third-order valence-corrected chi connectivity index (χ3v) is 3.64. The Morgan fingerprint density at radius 3 is 2.35 bits per heavy atom. The maximum absolute atomic E-state index is 12.5. The Kier molecular flexibility index (Phi) is 7.02. The fraction of sp³-hybridized carbons (Fsp3) is 0.300. The van der Waals surface area contributed by atoms with Gasteiger partial charge in [-0.25, -0.2) is 4.79 Å². The van der Waals surface area contributed by atoms with Crippen LogP contribution in [0.2, 0.25) is 0 Å². The number of amides is 1. The van der Waals surface area contributed by atoms with E-state index in [0.29, 0.717) is 35.8 Å². The second-order valence-electron chi connectivity index (χ2n) is 5.48. The van der Waals surface area contributed by atoms with Gasteiger partial charge in [-0.2, -0.15) is 0 Å². The quantitative estimate of drug-likeness (QED) is 0.730. The first-order chi connectivity index (χ1) is 12.6. The van der Waals surface area contributed by atoms with E-state index in [1.807, 2.05) is 6.92 Å². The van der Waals surface area contributed by atoms with E-state index >= 15 is 0 Å². The van der Waals surface area contributed by atoms with Crippen LogP contribution >= 0.6 is 0 Å². The van der Waals surface area contributed by atoms with Gasteiger partial charge in [0.15, 0.2) is 6.10 Å². The summed E-state index contributed by atoms with van der Waals surface area (Å²) >= 11 is 0. The van der Waals surface area contributed by atoms with Gasteiger partial charge in [-0.15, -0.1) is 0 Å². The van der Waals surface area contributed by atoms with E-state index in [4.69, 9.17) is 14.2 Å². The number of hydrogen-bond donors (Lipinski definition) is 1. The number of carbonyl (C=O) groups excluding carboxylic acids is 2. The van der Waals surface area contributed by atoms with Crippen molar-refractivity contribution < 1.29 is 23.8 Å². The van der Waals surface area contributed by atoms with Crippen LogP contribution in [-0.2, 0) is 9.53 Å². The SMILES string of the molecule is CCOC(=O)c1cccc(NC(=O)[C@@H](CC)Oc2ccc(OC)cc2)c1. The summed E-state index contributed by atoms with van der Waals surface area (Å²) in [4.78, 5) is 24.3. The molecule has 6 heteroatoms. The molecule has 1 atom stereocenters. The number of benzene rings is 2. The van der Waals surface area contributed by atoms with Gasteiger partial charge in [-0.05, 0) is 55.8 Å². The maximum Gasteiger partial charge on any atom is 0.338 e. The second-order valence-corrected chi connectivity index (χ2v) is 5.48. The Morgan fingerprint density at radius 2 is 1.73 bits per heavy atom. The number of hydrogen-bond acceptors (Lipinski definition) is 5. The van der Waals surface area contributed by atoms with Crippen molar-refractivity contribution in [3.05, 3.63) is 54.1 Å². The van der Waals surface area contributed by atoms with Crippen LogP contribution in [0.3, 0.4) is 0 Å². The predicted molar refractivity (Wildman–Crippen MR) is 98.7 cm³/mol. The Hall–Kier alpha value is -3.02. The number of anilines is 1. The summed E-state index contributed by atoms with van der Waals surface area (Å²) in [6.07, 6.45) is -0.162. The standard InChI is InChI=1S/C20H23NO5/c1-4-18(26-17-11-9-16(24-3)10-12-17)19(22)21-15-8-6-7-14(13-15)20(23)25-5-2/h6-13,18H,4-5H2,1-3H3,(H,21,22)/t18-/m1/s1. The number of carbonyl (C=O) groups is 2. The van der Waals surface area contributed by atoms with Gasteiger partial charge in [0, 0.05) is 5.69 Å². The summed E-state index contributed by atoms with van der Waals surface area (Å²) in [7, 11) is 1.59. The van der Waals surface area contributed by atoms with Gasteiger partial charge in [0.25, 0.3) is 5.91 Å². The molecular weight excluding hydrogens is 334 g/mol. The maximum atomic E-state index is 12.5. The molecule has 0 radical (unpaired) electrons. The fourth-order valence-corrected chi connectivity index (χ4v) is 2.30. The van der Waals surface area contributed by atoms with Gasteiger partial charge in [0.05, 0.1) is 19.3 Å². The molecule has 6 nitrogen and oxygen atoms in total. The molecule has 0 fully saturated rings. The van der Waals surface area contributed by atoms with E-state index in [2.05, 4.69) is 5.32 Å². The van der Waals surface area contributed by atoms with Crippen molar-refractivity contribution in [1.82, 2.24) is 0 Å². The highest BCUT2D eigenvalue weighted by Gasteiger charge is 2.19. The minimum absolute atomic E-state index is 0.288. The zero-order valence-corrected chi connectivity index (χ0v) is 15.2. The van der Waals surface area contributed by atoms with E-state index in [-0.39, 0.29) is 5.91 Å². The lowest BCUT2D eigenvalue weighted by Crippen LogP contribution is -2.32. The van der Waals surface area contributed by atoms with Crippen LogP contribution in [0.4, 0.5) is 5.69 Å². The molecule has 0 unspecified atom stereocenters. The Bertz CT molecular complexity index is 742. The zero-order chi connectivity index (χ0) is 18.9. The number of nitrogens with one attached hydrogen (secondary N) is 1.